The molecule has 1 amide bonds. The van der Waals surface area contributed by atoms with Gasteiger partial charge in [0.1, 0.15) is 6.61 Å². The number of alkyl carbamates (subject to hydrolysis) is 1. The smallest absolute Gasteiger partial charge is 0.416 e. The number of carbonyl (C=O) groups is 1. The Labute approximate surface area is 148 Å². The molecule has 2 aromatic carbocycles. The van der Waals surface area contributed by atoms with E-state index in [-0.39, 0.29) is 24.3 Å². The van der Waals surface area contributed by atoms with Crippen molar-refractivity contribution in [2.24, 2.45) is 0 Å². The van der Waals surface area contributed by atoms with E-state index in [1.165, 1.54) is 6.07 Å². The first-order valence-corrected chi connectivity index (χ1v) is 7.64. The molecule has 0 aromatic heterocycles. The van der Waals surface area contributed by atoms with E-state index in [0.29, 0.717) is 0 Å². The fourth-order valence-electron chi connectivity index (χ4n) is 2.05. The predicted molar refractivity (Wildman–Crippen MR) is 88.9 cm³/mol. The average Bonchev–Trinajstić information content (AvgIpc) is 2.63. The van der Waals surface area contributed by atoms with E-state index >= 15 is 0 Å². The van der Waals surface area contributed by atoms with Crippen LogP contribution in [0.2, 0.25) is 0 Å². The largest absolute Gasteiger partial charge is 0.445 e. The highest BCUT2D eigenvalue weighted by Crippen LogP contribution is 2.30. The van der Waals surface area contributed by atoms with Gasteiger partial charge in [-0.15, -0.1) is 0 Å². The Bertz CT molecular complexity index is 808. The van der Waals surface area contributed by atoms with E-state index in [0.717, 1.165) is 17.7 Å². The standard InChI is InChI=1S/C19H16F3NO3/c20-19(21,22)17-9-8-15(16(11-17)12-24)7-4-10-23-18(25)26-13-14-5-2-1-3-6-14/h1-3,5-6,8-9,11,24H,10,12-13H2,(H,23,25). The molecule has 0 fully saturated rings. The van der Waals surface area contributed by atoms with E-state index < -0.39 is 24.4 Å². The third-order valence-electron chi connectivity index (χ3n) is 3.36. The third-order valence-corrected chi connectivity index (χ3v) is 3.36. The molecular formula is C19H16F3NO3. The van der Waals surface area contributed by atoms with Crippen molar-refractivity contribution in [2.75, 3.05) is 6.54 Å². The molecule has 0 spiro atoms. The van der Waals surface area contributed by atoms with Crippen LogP contribution in [0.3, 0.4) is 0 Å². The van der Waals surface area contributed by atoms with Crippen LogP contribution in [0.5, 0.6) is 0 Å². The van der Waals surface area contributed by atoms with Crippen molar-refractivity contribution in [1.29, 1.82) is 0 Å². The number of aliphatic hydroxyl groups is 1. The number of carbonyl (C=O) groups excluding carboxylic acids is 1. The molecule has 0 atom stereocenters. The van der Waals surface area contributed by atoms with Gasteiger partial charge in [0.25, 0.3) is 0 Å². The van der Waals surface area contributed by atoms with Crippen molar-refractivity contribution in [1.82, 2.24) is 5.32 Å². The summed E-state index contributed by atoms with van der Waals surface area (Å²) in [7, 11) is 0. The molecule has 0 aliphatic heterocycles. The summed E-state index contributed by atoms with van der Waals surface area (Å²) in [6, 6.07) is 12.1. The molecule has 0 radical (unpaired) electrons. The summed E-state index contributed by atoms with van der Waals surface area (Å²) < 4.78 is 42.9. The number of hydrogen-bond donors (Lipinski definition) is 2. The summed E-state index contributed by atoms with van der Waals surface area (Å²) in [5.41, 5.74) is 0.319. The van der Waals surface area contributed by atoms with Crippen LogP contribution < -0.4 is 5.32 Å². The summed E-state index contributed by atoms with van der Waals surface area (Å²) >= 11 is 0. The highest BCUT2D eigenvalue weighted by molar-refractivity contribution is 5.67. The van der Waals surface area contributed by atoms with Crippen LogP contribution in [-0.4, -0.2) is 17.7 Å². The van der Waals surface area contributed by atoms with Gasteiger partial charge in [-0.2, -0.15) is 13.2 Å². The number of halogens is 3. The first-order valence-electron chi connectivity index (χ1n) is 7.64. The van der Waals surface area contributed by atoms with Crippen LogP contribution in [0.1, 0.15) is 22.3 Å². The fraction of sp³-hybridized carbons (Fsp3) is 0.211. The van der Waals surface area contributed by atoms with Crippen molar-refractivity contribution in [3.05, 3.63) is 70.8 Å². The van der Waals surface area contributed by atoms with Crippen molar-refractivity contribution in [2.45, 2.75) is 19.4 Å². The van der Waals surface area contributed by atoms with Gasteiger partial charge in [-0.05, 0) is 29.3 Å². The Kier molecular flexibility index (Phi) is 6.64. The summed E-state index contributed by atoms with van der Waals surface area (Å²) in [5, 5.41) is 11.6. The minimum Gasteiger partial charge on any atom is -0.445 e. The van der Waals surface area contributed by atoms with Gasteiger partial charge in [-0.25, -0.2) is 4.79 Å². The molecule has 0 bridgehead atoms. The number of aliphatic hydroxyl groups excluding tert-OH is 1. The minimum absolute atomic E-state index is 0.0421. The lowest BCUT2D eigenvalue weighted by Crippen LogP contribution is -2.24. The Morgan fingerprint density at radius 3 is 2.54 bits per heavy atom. The third kappa shape index (κ3) is 5.83. The van der Waals surface area contributed by atoms with Crippen LogP contribution in [-0.2, 0) is 24.1 Å². The Hall–Kier alpha value is -2.98. The number of nitrogens with one attached hydrogen (secondary N) is 1. The summed E-state index contributed by atoms with van der Waals surface area (Å²) in [4.78, 5) is 11.5. The summed E-state index contributed by atoms with van der Waals surface area (Å²) in [6.45, 7) is -0.492. The van der Waals surface area contributed by atoms with E-state index in [1.807, 2.05) is 30.3 Å². The fourth-order valence-corrected chi connectivity index (χ4v) is 2.05. The molecule has 7 heteroatoms. The molecule has 26 heavy (non-hydrogen) atoms. The zero-order valence-corrected chi connectivity index (χ0v) is 13.6. The molecule has 2 aromatic rings. The highest BCUT2D eigenvalue weighted by atomic mass is 19.4. The quantitative estimate of drug-likeness (QED) is 0.818. The second kappa shape index (κ2) is 8.92. The first-order chi connectivity index (χ1) is 12.4. The average molecular weight is 363 g/mol. The molecule has 0 saturated carbocycles. The second-order valence-electron chi connectivity index (χ2n) is 5.24. The molecule has 2 N–H and O–H groups in total. The molecular weight excluding hydrogens is 347 g/mol. The lowest BCUT2D eigenvalue weighted by atomic mass is 10.0. The number of alkyl halides is 3. The second-order valence-corrected chi connectivity index (χ2v) is 5.24. The molecule has 0 heterocycles. The summed E-state index contributed by atoms with van der Waals surface area (Å²) in [6.07, 6.45) is -5.14. The van der Waals surface area contributed by atoms with Gasteiger partial charge in [-0.1, -0.05) is 42.2 Å². The molecule has 2 rings (SSSR count). The van der Waals surface area contributed by atoms with Crippen molar-refractivity contribution in [3.8, 4) is 11.8 Å². The van der Waals surface area contributed by atoms with E-state index in [2.05, 4.69) is 17.2 Å². The molecule has 136 valence electrons. The summed E-state index contributed by atoms with van der Waals surface area (Å²) in [5.74, 6) is 5.23. The first kappa shape index (κ1) is 19.3. The number of hydrogen-bond acceptors (Lipinski definition) is 3. The van der Waals surface area contributed by atoms with Crippen LogP contribution in [0.25, 0.3) is 0 Å². The molecule has 0 aliphatic rings. The SMILES string of the molecule is O=C(NCC#Cc1ccc(C(F)(F)F)cc1CO)OCc1ccccc1. The van der Waals surface area contributed by atoms with E-state index in [9.17, 15) is 23.1 Å². The Balaban J connectivity index is 1.88. The highest BCUT2D eigenvalue weighted by Gasteiger charge is 2.30. The topological polar surface area (TPSA) is 58.6 Å². The van der Waals surface area contributed by atoms with Gasteiger partial charge < -0.3 is 15.2 Å². The maximum Gasteiger partial charge on any atom is 0.416 e. The van der Waals surface area contributed by atoms with Crippen molar-refractivity contribution in [3.63, 3.8) is 0 Å². The minimum atomic E-state index is -4.49. The van der Waals surface area contributed by atoms with Gasteiger partial charge in [0.15, 0.2) is 0 Å². The van der Waals surface area contributed by atoms with Crippen molar-refractivity contribution >= 4 is 6.09 Å². The molecule has 0 aliphatic carbocycles. The van der Waals surface area contributed by atoms with E-state index in [4.69, 9.17) is 4.74 Å². The Morgan fingerprint density at radius 1 is 1.15 bits per heavy atom. The zero-order chi connectivity index (χ0) is 19.0. The monoisotopic (exact) mass is 363 g/mol. The predicted octanol–water partition coefficient (Wildman–Crippen LogP) is 3.48. The van der Waals surface area contributed by atoms with Crippen LogP contribution in [0.15, 0.2) is 48.5 Å². The molecule has 0 saturated heterocycles. The van der Waals surface area contributed by atoms with Gasteiger partial charge in [0, 0.05) is 5.56 Å². The molecule has 0 unspecified atom stereocenters. The lowest BCUT2D eigenvalue weighted by molar-refractivity contribution is -0.137. The van der Waals surface area contributed by atoms with Gasteiger partial charge in [-0.3, -0.25) is 0 Å². The normalized spacial score (nSPS) is 10.6. The van der Waals surface area contributed by atoms with Crippen molar-refractivity contribution < 1.29 is 27.8 Å². The van der Waals surface area contributed by atoms with Crippen LogP contribution in [0.4, 0.5) is 18.0 Å². The maximum atomic E-state index is 12.6. The Morgan fingerprint density at radius 2 is 1.88 bits per heavy atom. The maximum absolute atomic E-state index is 12.6. The van der Waals surface area contributed by atoms with Gasteiger partial charge in [0.05, 0.1) is 18.7 Å². The number of rotatable bonds is 4. The van der Waals surface area contributed by atoms with Gasteiger partial charge in [0.2, 0.25) is 0 Å². The van der Waals surface area contributed by atoms with Crippen LogP contribution in [0, 0.1) is 11.8 Å². The van der Waals surface area contributed by atoms with Crippen LogP contribution >= 0.6 is 0 Å². The molecule has 4 nitrogen and oxygen atoms in total. The number of benzene rings is 2. The number of amides is 1. The van der Waals surface area contributed by atoms with E-state index in [1.54, 1.807) is 0 Å². The zero-order valence-electron chi connectivity index (χ0n) is 13.6. The number of ether oxygens (including phenoxy) is 1. The van der Waals surface area contributed by atoms with Gasteiger partial charge >= 0.3 is 12.3 Å². The lowest BCUT2D eigenvalue weighted by Gasteiger charge is -2.09.